The number of halogens is 3. The highest BCUT2D eigenvalue weighted by Gasteiger charge is 2.36. The van der Waals surface area contributed by atoms with Crippen molar-refractivity contribution >= 4 is 45.5 Å². The number of esters is 1. The number of carbonyl (C=O) groups excluding carboxylic acids is 2. The molecule has 2 aliphatic heterocycles. The molecule has 4 rings (SSSR count). The molecule has 1 aromatic carbocycles. The Hall–Kier alpha value is -2.96. The molecule has 196 valence electrons. The van der Waals surface area contributed by atoms with Crippen molar-refractivity contribution in [3.05, 3.63) is 74.2 Å². The van der Waals surface area contributed by atoms with Crippen molar-refractivity contribution < 1.29 is 27.8 Å². The van der Waals surface area contributed by atoms with Crippen LogP contribution in [-0.4, -0.2) is 60.6 Å². The van der Waals surface area contributed by atoms with Crippen molar-refractivity contribution in [1.82, 2.24) is 15.2 Å². The first-order chi connectivity index (χ1) is 17.9. The number of piperidine rings is 1. The molecule has 0 amide bonds. The van der Waals surface area contributed by atoms with E-state index in [0.717, 1.165) is 0 Å². The lowest BCUT2D eigenvalue weighted by Crippen LogP contribution is -2.45. The van der Waals surface area contributed by atoms with Gasteiger partial charge in [0, 0.05) is 41.4 Å². The van der Waals surface area contributed by atoms with E-state index in [9.17, 15) is 18.4 Å². The largest absolute Gasteiger partial charge is 0.463 e. The third kappa shape index (κ3) is 6.68. The number of nitrogens with zero attached hydrogens (tertiary/aromatic N) is 3. The van der Waals surface area contributed by atoms with E-state index in [1.165, 1.54) is 29.7 Å². The number of aliphatic imine (C=N–C) groups is 1. The lowest BCUT2D eigenvalue weighted by atomic mass is 9.93. The van der Waals surface area contributed by atoms with Crippen LogP contribution < -0.4 is 5.32 Å². The van der Waals surface area contributed by atoms with Crippen molar-refractivity contribution in [2.24, 2.45) is 10.9 Å². The van der Waals surface area contributed by atoms with Crippen LogP contribution in [0.5, 0.6) is 0 Å². The Morgan fingerprint density at radius 3 is 2.92 bits per heavy atom. The van der Waals surface area contributed by atoms with E-state index < -0.39 is 24.0 Å². The fraction of sp³-hybridized carbons (Fsp3) is 0.360. The van der Waals surface area contributed by atoms with Gasteiger partial charge in [0.05, 0.1) is 18.4 Å². The molecule has 3 unspecified atom stereocenters. The van der Waals surface area contributed by atoms with Crippen molar-refractivity contribution in [3.63, 3.8) is 0 Å². The fourth-order valence-corrected chi connectivity index (χ4v) is 5.57. The molecule has 1 saturated heterocycles. The molecule has 3 atom stereocenters. The van der Waals surface area contributed by atoms with E-state index in [1.54, 1.807) is 25.3 Å². The van der Waals surface area contributed by atoms with E-state index >= 15 is 0 Å². The Bertz CT molecular complexity index is 1220. The van der Waals surface area contributed by atoms with Gasteiger partial charge in [-0.2, -0.15) is 0 Å². The molecule has 0 aliphatic carbocycles. The van der Waals surface area contributed by atoms with Crippen molar-refractivity contribution in [3.8, 4) is 0 Å². The van der Waals surface area contributed by atoms with Crippen LogP contribution >= 0.6 is 27.3 Å². The summed E-state index contributed by atoms with van der Waals surface area (Å²) in [4.78, 5) is 34.7. The molecule has 0 spiro atoms. The quantitative estimate of drug-likeness (QED) is 0.263. The summed E-state index contributed by atoms with van der Waals surface area (Å²) in [5.74, 6) is -0.745. The fourth-order valence-electron chi connectivity index (χ4n) is 4.41. The van der Waals surface area contributed by atoms with Crippen LogP contribution in [0, 0.1) is 11.7 Å². The first-order valence-electron chi connectivity index (χ1n) is 11.6. The van der Waals surface area contributed by atoms with Crippen LogP contribution in [0.4, 0.5) is 8.78 Å². The molecule has 2 aliphatic rings. The van der Waals surface area contributed by atoms with Crippen LogP contribution in [0.2, 0.25) is 0 Å². The van der Waals surface area contributed by atoms with E-state index in [2.05, 4.69) is 31.0 Å². The summed E-state index contributed by atoms with van der Waals surface area (Å²) in [5.41, 5.74) is 1.33. The summed E-state index contributed by atoms with van der Waals surface area (Å²) >= 11 is 4.78. The molecule has 37 heavy (non-hydrogen) atoms. The maximum absolute atomic E-state index is 14.7. The third-order valence-corrected chi connectivity index (χ3v) is 7.35. The number of benzene rings is 1. The number of nitrogens with one attached hydrogen (secondary N) is 1. The zero-order chi connectivity index (χ0) is 26.4. The molecular formula is C25H25BrF2N4O4S. The van der Waals surface area contributed by atoms with Crippen LogP contribution in [0.3, 0.4) is 0 Å². The van der Waals surface area contributed by atoms with E-state index in [0.29, 0.717) is 46.0 Å². The first-order valence-corrected chi connectivity index (χ1v) is 13.3. The number of likely N-dealkylation sites (tertiary alicyclic amines) is 1. The van der Waals surface area contributed by atoms with Crippen molar-refractivity contribution in [1.29, 1.82) is 0 Å². The average molecular weight is 595 g/mol. The standard InChI is InChI=1S/C25H25BrF2N4O4S/c1-2-36-25(34)21-20(13-32-11-15(5-7-35-14-33)9-17(28)12-32)30-23(24-29-6-8-37-24)31-22(21)18-4-3-16(27)10-19(18)26/h3-8,10,14-15,17,22H,2,9,11-13H2,1H3,(H,30,31)/b7-5+. The van der Waals surface area contributed by atoms with E-state index in [1.807, 2.05) is 10.3 Å². The van der Waals surface area contributed by atoms with E-state index in [4.69, 9.17) is 9.73 Å². The number of hydrogen-bond acceptors (Lipinski definition) is 9. The molecule has 0 saturated carbocycles. The summed E-state index contributed by atoms with van der Waals surface area (Å²) in [6, 6.07) is 3.38. The number of carbonyl (C=O) groups is 2. The molecule has 3 heterocycles. The molecule has 0 radical (unpaired) electrons. The predicted molar refractivity (Wildman–Crippen MR) is 138 cm³/mol. The maximum atomic E-state index is 14.7. The lowest BCUT2D eigenvalue weighted by Gasteiger charge is -2.36. The maximum Gasteiger partial charge on any atom is 0.338 e. The van der Waals surface area contributed by atoms with Crippen LogP contribution in [-0.2, 0) is 19.1 Å². The molecule has 1 aromatic heterocycles. The summed E-state index contributed by atoms with van der Waals surface area (Å²) < 4.78 is 39.0. The highest BCUT2D eigenvalue weighted by molar-refractivity contribution is 9.10. The molecule has 1 fully saturated rings. The van der Waals surface area contributed by atoms with Gasteiger partial charge in [-0.15, -0.1) is 11.3 Å². The van der Waals surface area contributed by atoms with Gasteiger partial charge in [-0.1, -0.05) is 22.0 Å². The molecule has 8 nitrogen and oxygen atoms in total. The second-order valence-electron chi connectivity index (χ2n) is 8.47. The molecule has 1 N–H and O–H groups in total. The Morgan fingerprint density at radius 1 is 1.38 bits per heavy atom. The minimum atomic E-state index is -1.11. The Kier molecular flexibility index (Phi) is 9.17. The van der Waals surface area contributed by atoms with Crippen LogP contribution in [0.25, 0.3) is 0 Å². The molecule has 12 heteroatoms. The zero-order valence-corrected chi connectivity index (χ0v) is 22.3. The number of amidine groups is 1. The molecular weight excluding hydrogens is 570 g/mol. The second-order valence-corrected chi connectivity index (χ2v) is 10.2. The Morgan fingerprint density at radius 2 is 2.22 bits per heavy atom. The first kappa shape index (κ1) is 27.1. The number of aromatic nitrogens is 1. The number of thiazole rings is 1. The number of ether oxygens (including phenoxy) is 2. The minimum Gasteiger partial charge on any atom is -0.463 e. The Labute approximate surface area is 225 Å². The number of hydrogen-bond donors (Lipinski definition) is 1. The number of alkyl halides is 1. The van der Waals surface area contributed by atoms with Gasteiger partial charge in [-0.25, -0.2) is 18.6 Å². The van der Waals surface area contributed by atoms with Gasteiger partial charge in [0.1, 0.15) is 18.0 Å². The SMILES string of the molecule is CCOC(=O)C1=C(CN2CC(F)CC(/C=C/OC=O)C2)NC(c2nccs2)=NC1c1ccc(F)cc1Br. The van der Waals surface area contributed by atoms with Crippen molar-refractivity contribution in [2.75, 3.05) is 26.2 Å². The monoisotopic (exact) mass is 594 g/mol. The van der Waals surface area contributed by atoms with Crippen molar-refractivity contribution in [2.45, 2.75) is 25.6 Å². The predicted octanol–water partition coefficient (Wildman–Crippen LogP) is 4.30. The smallest absolute Gasteiger partial charge is 0.338 e. The van der Waals surface area contributed by atoms with Gasteiger partial charge in [0.15, 0.2) is 10.8 Å². The summed E-state index contributed by atoms with van der Waals surface area (Å²) in [6.45, 7) is 3.00. The van der Waals surface area contributed by atoms with Gasteiger partial charge in [0.25, 0.3) is 6.47 Å². The van der Waals surface area contributed by atoms with Gasteiger partial charge >= 0.3 is 5.97 Å². The molecule has 2 aromatic rings. The number of rotatable bonds is 9. The van der Waals surface area contributed by atoms with Crippen LogP contribution in [0.15, 0.2) is 62.8 Å². The highest BCUT2D eigenvalue weighted by atomic mass is 79.9. The highest BCUT2D eigenvalue weighted by Crippen LogP contribution is 2.37. The summed E-state index contributed by atoms with van der Waals surface area (Å²) in [5, 5.41) is 5.66. The third-order valence-electron chi connectivity index (χ3n) is 5.89. The van der Waals surface area contributed by atoms with Crippen LogP contribution in [0.1, 0.15) is 30.0 Å². The average Bonchev–Trinajstić information content (AvgIpc) is 3.39. The van der Waals surface area contributed by atoms with Gasteiger partial charge < -0.3 is 14.8 Å². The van der Waals surface area contributed by atoms with E-state index in [-0.39, 0.29) is 31.2 Å². The van der Waals surface area contributed by atoms with Gasteiger partial charge in [0.2, 0.25) is 0 Å². The normalized spacial score (nSPS) is 22.5. The van der Waals surface area contributed by atoms with Gasteiger partial charge in [-0.05, 0) is 43.0 Å². The topological polar surface area (TPSA) is 93.1 Å². The second kappa shape index (κ2) is 12.5. The Balaban J connectivity index is 1.75. The lowest BCUT2D eigenvalue weighted by molar-refractivity contribution is -0.139. The van der Waals surface area contributed by atoms with Gasteiger partial charge in [-0.3, -0.25) is 14.7 Å². The summed E-state index contributed by atoms with van der Waals surface area (Å²) in [6.07, 6.45) is 3.75. The molecule has 0 bridgehead atoms. The minimum absolute atomic E-state index is 0.149. The zero-order valence-electron chi connectivity index (χ0n) is 19.9. The summed E-state index contributed by atoms with van der Waals surface area (Å²) in [7, 11) is 0.